The summed E-state index contributed by atoms with van der Waals surface area (Å²) >= 11 is 0. The van der Waals surface area contributed by atoms with E-state index in [-0.39, 0.29) is 11.7 Å². The van der Waals surface area contributed by atoms with Crippen molar-refractivity contribution in [1.29, 1.82) is 0 Å². The molecule has 0 saturated heterocycles. The van der Waals surface area contributed by atoms with E-state index < -0.39 is 0 Å². The molecule has 0 saturated carbocycles. The number of hydrogen-bond acceptors (Lipinski definition) is 1. The maximum atomic E-state index is 13.2. The summed E-state index contributed by atoms with van der Waals surface area (Å²) in [6.07, 6.45) is 2.04. The summed E-state index contributed by atoms with van der Waals surface area (Å²) in [4.78, 5) is 11.1. The second kappa shape index (κ2) is 3.17. The Morgan fingerprint density at radius 3 is 3.00 bits per heavy atom. The summed E-state index contributed by atoms with van der Waals surface area (Å²) in [5, 5.41) is 2.58. The molecule has 2 nitrogen and oxygen atoms in total. The normalized spacial score (nSPS) is 15.9. The highest BCUT2D eigenvalue weighted by atomic mass is 19.1. The smallest absolute Gasteiger partial charge is 0.224 e. The first-order valence-electron chi connectivity index (χ1n) is 4.34. The molecule has 0 unspecified atom stereocenters. The standard InChI is InChI=1S/C10H10FNO/c11-8-5-1-3-7-4-2-6-9(13)12-10(7)8/h1,3,5H,2,4,6H2,(H,12,13). The van der Waals surface area contributed by atoms with Crippen LogP contribution in [-0.2, 0) is 11.2 Å². The average molecular weight is 179 g/mol. The van der Waals surface area contributed by atoms with Crippen LogP contribution in [0.2, 0.25) is 0 Å². The third-order valence-corrected chi connectivity index (χ3v) is 2.21. The monoisotopic (exact) mass is 179 g/mol. The molecule has 1 amide bonds. The Morgan fingerprint density at radius 2 is 2.15 bits per heavy atom. The fourth-order valence-electron chi connectivity index (χ4n) is 1.56. The van der Waals surface area contributed by atoms with Crippen LogP contribution in [0.1, 0.15) is 18.4 Å². The van der Waals surface area contributed by atoms with Gasteiger partial charge in [-0.15, -0.1) is 0 Å². The maximum Gasteiger partial charge on any atom is 0.224 e. The predicted molar refractivity (Wildman–Crippen MR) is 48.0 cm³/mol. The van der Waals surface area contributed by atoms with Crippen LogP contribution in [0.25, 0.3) is 0 Å². The molecule has 68 valence electrons. The number of anilines is 1. The minimum Gasteiger partial charge on any atom is -0.323 e. The van der Waals surface area contributed by atoms with Gasteiger partial charge < -0.3 is 5.32 Å². The SMILES string of the molecule is O=C1CCCc2cccc(F)c2N1. The van der Waals surface area contributed by atoms with Crippen LogP contribution in [0.3, 0.4) is 0 Å². The van der Waals surface area contributed by atoms with Gasteiger partial charge in [0, 0.05) is 6.42 Å². The first-order valence-corrected chi connectivity index (χ1v) is 4.34. The van der Waals surface area contributed by atoms with Gasteiger partial charge in [-0.05, 0) is 24.5 Å². The van der Waals surface area contributed by atoms with E-state index in [4.69, 9.17) is 0 Å². The Labute approximate surface area is 75.8 Å². The van der Waals surface area contributed by atoms with Crippen molar-refractivity contribution < 1.29 is 9.18 Å². The van der Waals surface area contributed by atoms with E-state index in [1.54, 1.807) is 6.07 Å². The summed E-state index contributed by atoms with van der Waals surface area (Å²) in [6, 6.07) is 4.89. The number of nitrogens with one attached hydrogen (secondary N) is 1. The van der Waals surface area contributed by atoms with E-state index in [0.717, 1.165) is 18.4 Å². The zero-order valence-corrected chi connectivity index (χ0v) is 7.14. The predicted octanol–water partition coefficient (Wildman–Crippen LogP) is 2.10. The van der Waals surface area contributed by atoms with Crippen molar-refractivity contribution in [2.24, 2.45) is 0 Å². The minimum absolute atomic E-state index is 0.0937. The lowest BCUT2D eigenvalue weighted by Crippen LogP contribution is -2.10. The van der Waals surface area contributed by atoms with Crippen molar-refractivity contribution in [1.82, 2.24) is 0 Å². The summed E-state index contributed by atoms with van der Waals surface area (Å²) in [7, 11) is 0. The average Bonchev–Trinajstić information content (AvgIpc) is 2.28. The highest BCUT2D eigenvalue weighted by Crippen LogP contribution is 2.24. The Bertz CT molecular complexity index is 349. The number of carbonyl (C=O) groups excluding carboxylic acids is 1. The van der Waals surface area contributed by atoms with E-state index in [1.807, 2.05) is 6.07 Å². The van der Waals surface area contributed by atoms with Crippen molar-refractivity contribution in [3.63, 3.8) is 0 Å². The lowest BCUT2D eigenvalue weighted by Gasteiger charge is -2.06. The number of fused-ring (bicyclic) bond motifs is 1. The van der Waals surface area contributed by atoms with Crippen molar-refractivity contribution in [3.8, 4) is 0 Å². The van der Waals surface area contributed by atoms with Crippen LogP contribution in [0.15, 0.2) is 18.2 Å². The number of rotatable bonds is 0. The third kappa shape index (κ3) is 1.54. The molecular weight excluding hydrogens is 169 g/mol. The molecular formula is C10H10FNO. The van der Waals surface area contributed by atoms with Crippen molar-refractivity contribution in [2.45, 2.75) is 19.3 Å². The van der Waals surface area contributed by atoms with Crippen molar-refractivity contribution in [2.75, 3.05) is 5.32 Å². The molecule has 1 heterocycles. The van der Waals surface area contributed by atoms with Crippen LogP contribution in [-0.4, -0.2) is 5.91 Å². The van der Waals surface area contributed by atoms with Gasteiger partial charge >= 0.3 is 0 Å². The molecule has 0 spiro atoms. The molecule has 3 heteroatoms. The molecule has 13 heavy (non-hydrogen) atoms. The second-order valence-electron chi connectivity index (χ2n) is 3.18. The van der Waals surface area contributed by atoms with Crippen LogP contribution in [0.4, 0.5) is 10.1 Å². The molecule has 0 fully saturated rings. The first-order chi connectivity index (χ1) is 6.27. The van der Waals surface area contributed by atoms with Crippen LogP contribution in [0, 0.1) is 5.82 Å². The van der Waals surface area contributed by atoms with E-state index in [1.165, 1.54) is 6.07 Å². The highest BCUT2D eigenvalue weighted by Gasteiger charge is 2.15. The molecule has 1 aromatic carbocycles. The Hall–Kier alpha value is -1.38. The zero-order valence-electron chi connectivity index (χ0n) is 7.14. The topological polar surface area (TPSA) is 29.1 Å². The fourth-order valence-corrected chi connectivity index (χ4v) is 1.56. The summed E-state index contributed by atoms with van der Waals surface area (Å²) in [5.74, 6) is -0.434. The van der Waals surface area contributed by atoms with Gasteiger partial charge in [-0.2, -0.15) is 0 Å². The zero-order chi connectivity index (χ0) is 9.26. The molecule has 0 atom stereocenters. The molecule has 0 aliphatic carbocycles. The van der Waals surface area contributed by atoms with E-state index in [2.05, 4.69) is 5.32 Å². The number of halogens is 1. The largest absolute Gasteiger partial charge is 0.323 e. The first kappa shape index (κ1) is 8.23. The van der Waals surface area contributed by atoms with E-state index >= 15 is 0 Å². The quantitative estimate of drug-likeness (QED) is 0.649. The van der Waals surface area contributed by atoms with E-state index in [0.29, 0.717) is 12.1 Å². The Balaban J connectivity index is 2.46. The number of carbonyl (C=O) groups is 1. The van der Waals surface area contributed by atoms with Gasteiger partial charge in [0.2, 0.25) is 5.91 Å². The number of aryl methyl sites for hydroxylation is 1. The summed E-state index contributed by atoms with van der Waals surface area (Å²) in [6.45, 7) is 0. The van der Waals surface area contributed by atoms with Gasteiger partial charge in [-0.1, -0.05) is 12.1 Å². The van der Waals surface area contributed by atoms with Gasteiger partial charge in [0.15, 0.2) is 0 Å². The number of benzene rings is 1. The molecule has 0 radical (unpaired) electrons. The molecule has 1 aliphatic heterocycles. The van der Waals surface area contributed by atoms with Crippen LogP contribution in [0.5, 0.6) is 0 Å². The lowest BCUT2D eigenvalue weighted by atomic mass is 10.1. The molecule has 2 rings (SSSR count). The van der Waals surface area contributed by atoms with Gasteiger partial charge in [0.05, 0.1) is 5.69 Å². The second-order valence-corrected chi connectivity index (χ2v) is 3.18. The fraction of sp³-hybridized carbons (Fsp3) is 0.300. The summed E-state index contributed by atoms with van der Waals surface area (Å²) < 4.78 is 13.2. The number of amides is 1. The lowest BCUT2D eigenvalue weighted by molar-refractivity contribution is -0.116. The van der Waals surface area contributed by atoms with Gasteiger partial charge in [-0.25, -0.2) is 4.39 Å². The minimum atomic E-state index is -0.340. The number of para-hydroxylation sites is 1. The molecule has 1 aliphatic rings. The molecule has 1 aromatic rings. The molecule has 0 aromatic heterocycles. The third-order valence-electron chi connectivity index (χ3n) is 2.21. The van der Waals surface area contributed by atoms with Crippen LogP contribution < -0.4 is 5.32 Å². The Morgan fingerprint density at radius 1 is 1.31 bits per heavy atom. The van der Waals surface area contributed by atoms with Gasteiger partial charge in [-0.3, -0.25) is 4.79 Å². The number of hydrogen-bond donors (Lipinski definition) is 1. The molecule has 1 N–H and O–H groups in total. The maximum absolute atomic E-state index is 13.2. The van der Waals surface area contributed by atoms with Crippen molar-refractivity contribution >= 4 is 11.6 Å². The van der Waals surface area contributed by atoms with E-state index in [9.17, 15) is 9.18 Å². The van der Waals surface area contributed by atoms with Crippen molar-refractivity contribution in [3.05, 3.63) is 29.6 Å². The van der Waals surface area contributed by atoms with Gasteiger partial charge in [0.25, 0.3) is 0 Å². The van der Waals surface area contributed by atoms with Gasteiger partial charge in [0.1, 0.15) is 5.82 Å². The Kier molecular flexibility index (Phi) is 2.00. The van der Waals surface area contributed by atoms with Crippen LogP contribution >= 0.6 is 0 Å². The molecule has 0 bridgehead atoms. The summed E-state index contributed by atoms with van der Waals surface area (Å²) in [5.41, 5.74) is 1.26. The highest BCUT2D eigenvalue weighted by molar-refractivity contribution is 5.92.